The van der Waals surface area contributed by atoms with Gasteiger partial charge < -0.3 is 4.74 Å². The molecule has 0 unspecified atom stereocenters. The molecule has 1 rings (SSSR count). The number of amides is 1. The molecule has 1 heterocycles. The van der Waals surface area contributed by atoms with Gasteiger partial charge in [0.25, 0.3) is 0 Å². The number of carbonyl (C=O) groups is 1. The largest absolute Gasteiger partial charge is 0.448 e. The molecule has 0 aliphatic rings. The van der Waals surface area contributed by atoms with Crippen molar-refractivity contribution in [2.24, 2.45) is 0 Å². The minimum atomic E-state index is -0.489. The molecule has 0 aliphatic carbocycles. The first kappa shape index (κ1) is 14.0. The van der Waals surface area contributed by atoms with Crippen molar-refractivity contribution in [3.8, 4) is 6.07 Å². The maximum atomic E-state index is 12.0. The van der Waals surface area contributed by atoms with E-state index in [9.17, 15) is 4.79 Å². The SMILES string of the molecule is CC(C)(C)N(C(=O)OCCC#N)c1ccccn1. The fourth-order valence-corrected chi connectivity index (χ4v) is 1.45. The van der Waals surface area contributed by atoms with Crippen molar-refractivity contribution < 1.29 is 9.53 Å². The van der Waals surface area contributed by atoms with Gasteiger partial charge in [0, 0.05) is 11.7 Å². The van der Waals surface area contributed by atoms with E-state index in [-0.39, 0.29) is 13.0 Å². The van der Waals surface area contributed by atoms with E-state index >= 15 is 0 Å². The molecule has 1 aromatic rings. The summed E-state index contributed by atoms with van der Waals surface area (Å²) in [6.07, 6.45) is 1.32. The quantitative estimate of drug-likeness (QED) is 0.770. The number of rotatable bonds is 3. The number of hydrogen-bond acceptors (Lipinski definition) is 4. The summed E-state index contributed by atoms with van der Waals surface area (Å²) in [6.45, 7) is 5.78. The second-order valence-corrected chi connectivity index (χ2v) is 4.72. The fraction of sp³-hybridized carbons (Fsp3) is 0.462. The molecular formula is C13H17N3O2. The Morgan fingerprint density at radius 2 is 2.22 bits per heavy atom. The van der Waals surface area contributed by atoms with Crippen LogP contribution in [0.25, 0.3) is 0 Å². The van der Waals surface area contributed by atoms with Crippen LogP contribution in [0.2, 0.25) is 0 Å². The zero-order chi connectivity index (χ0) is 13.6. The third-order valence-corrected chi connectivity index (χ3v) is 2.17. The molecule has 0 fully saturated rings. The Morgan fingerprint density at radius 1 is 1.50 bits per heavy atom. The van der Waals surface area contributed by atoms with Gasteiger partial charge >= 0.3 is 6.09 Å². The Kier molecular flexibility index (Phi) is 4.67. The second-order valence-electron chi connectivity index (χ2n) is 4.72. The lowest BCUT2D eigenvalue weighted by Crippen LogP contribution is -2.46. The van der Waals surface area contributed by atoms with E-state index in [2.05, 4.69) is 4.98 Å². The van der Waals surface area contributed by atoms with Gasteiger partial charge in [-0.05, 0) is 32.9 Å². The van der Waals surface area contributed by atoms with Crippen LogP contribution in [-0.4, -0.2) is 23.2 Å². The van der Waals surface area contributed by atoms with Crippen molar-refractivity contribution in [2.75, 3.05) is 11.5 Å². The standard InChI is InChI=1S/C13H17N3O2/c1-13(2,3)16(11-7-4-5-9-15-11)12(17)18-10-6-8-14/h4-5,7,9H,6,10H2,1-3H3. The number of ether oxygens (including phenoxy) is 1. The van der Waals surface area contributed by atoms with Crippen LogP contribution in [0.4, 0.5) is 10.6 Å². The Labute approximate surface area is 107 Å². The van der Waals surface area contributed by atoms with E-state index in [1.807, 2.05) is 32.9 Å². The monoisotopic (exact) mass is 247 g/mol. The van der Waals surface area contributed by atoms with Crippen LogP contribution < -0.4 is 4.90 Å². The van der Waals surface area contributed by atoms with Crippen LogP contribution in [0, 0.1) is 11.3 Å². The molecule has 0 saturated heterocycles. The molecule has 0 radical (unpaired) electrons. The predicted molar refractivity (Wildman–Crippen MR) is 68.0 cm³/mol. The van der Waals surface area contributed by atoms with Gasteiger partial charge in [-0.2, -0.15) is 5.26 Å². The van der Waals surface area contributed by atoms with Gasteiger partial charge in [0.2, 0.25) is 0 Å². The molecule has 0 atom stereocenters. The zero-order valence-electron chi connectivity index (χ0n) is 10.9. The van der Waals surface area contributed by atoms with E-state index in [0.717, 1.165) is 0 Å². The smallest absolute Gasteiger partial charge is 0.416 e. The van der Waals surface area contributed by atoms with Gasteiger partial charge in [0.1, 0.15) is 12.4 Å². The first-order valence-electron chi connectivity index (χ1n) is 5.72. The van der Waals surface area contributed by atoms with E-state index in [4.69, 9.17) is 10.00 Å². The third kappa shape index (κ3) is 3.74. The number of nitrogens with zero attached hydrogens (tertiary/aromatic N) is 3. The molecule has 5 nitrogen and oxygen atoms in total. The minimum Gasteiger partial charge on any atom is -0.448 e. The van der Waals surface area contributed by atoms with Gasteiger partial charge in [0.05, 0.1) is 12.5 Å². The lowest BCUT2D eigenvalue weighted by Gasteiger charge is -2.33. The summed E-state index contributed by atoms with van der Waals surface area (Å²) in [5.74, 6) is 0.534. The van der Waals surface area contributed by atoms with Crippen molar-refractivity contribution in [1.29, 1.82) is 5.26 Å². The highest BCUT2D eigenvalue weighted by molar-refractivity contribution is 5.87. The molecule has 96 valence electrons. The van der Waals surface area contributed by atoms with Gasteiger partial charge in [-0.25, -0.2) is 9.78 Å². The lowest BCUT2D eigenvalue weighted by atomic mass is 10.1. The summed E-state index contributed by atoms with van der Waals surface area (Å²) in [4.78, 5) is 17.7. The molecular weight excluding hydrogens is 230 g/mol. The number of carbonyl (C=O) groups excluding carboxylic acids is 1. The summed E-state index contributed by atoms with van der Waals surface area (Å²) in [5.41, 5.74) is -0.446. The van der Waals surface area contributed by atoms with E-state index in [1.54, 1.807) is 18.3 Å². The van der Waals surface area contributed by atoms with Crippen molar-refractivity contribution in [3.63, 3.8) is 0 Å². The normalized spacial score (nSPS) is 10.6. The number of aromatic nitrogens is 1. The number of nitriles is 1. The topological polar surface area (TPSA) is 66.2 Å². The van der Waals surface area contributed by atoms with Gasteiger partial charge in [-0.3, -0.25) is 4.90 Å². The van der Waals surface area contributed by atoms with Crippen LogP contribution in [0.3, 0.4) is 0 Å². The molecule has 5 heteroatoms. The highest BCUT2D eigenvalue weighted by Crippen LogP contribution is 2.22. The highest BCUT2D eigenvalue weighted by Gasteiger charge is 2.30. The molecule has 0 N–H and O–H groups in total. The second kappa shape index (κ2) is 6.01. The molecule has 18 heavy (non-hydrogen) atoms. The average Bonchev–Trinajstić information content (AvgIpc) is 2.29. The Bertz CT molecular complexity index is 432. The number of pyridine rings is 1. The van der Waals surface area contributed by atoms with E-state index in [0.29, 0.717) is 5.82 Å². The zero-order valence-corrected chi connectivity index (χ0v) is 10.9. The lowest BCUT2D eigenvalue weighted by molar-refractivity contribution is 0.150. The summed E-state index contributed by atoms with van der Waals surface area (Å²) >= 11 is 0. The van der Waals surface area contributed by atoms with Crippen LogP contribution in [-0.2, 0) is 4.74 Å². The summed E-state index contributed by atoms with van der Waals surface area (Å²) < 4.78 is 5.05. The molecule has 0 aliphatic heterocycles. The maximum absolute atomic E-state index is 12.0. The first-order valence-corrected chi connectivity index (χ1v) is 5.72. The number of anilines is 1. The van der Waals surface area contributed by atoms with Gasteiger partial charge in [-0.1, -0.05) is 6.07 Å². The molecule has 0 saturated carbocycles. The van der Waals surface area contributed by atoms with Gasteiger partial charge in [-0.15, -0.1) is 0 Å². The third-order valence-electron chi connectivity index (χ3n) is 2.17. The Hall–Kier alpha value is -2.09. The molecule has 1 aromatic heterocycles. The molecule has 0 bridgehead atoms. The number of hydrogen-bond donors (Lipinski definition) is 0. The predicted octanol–water partition coefficient (Wildman–Crippen LogP) is 2.74. The van der Waals surface area contributed by atoms with Gasteiger partial charge in [0.15, 0.2) is 0 Å². The summed E-state index contributed by atoms with van der Waals surface area (Å²) in [7, 11) is 0. The van der Waals surface area contributed by atoms with E-state index in [1.165, 1.54) is 4.90 Å². The molecule has 0 aromatic carbocycles. The Balaban J connectivity index is 2.87. The van der Waals surface area contributed by atoms with Crippen molar-refractivity contribution in [3.05, 3.63) is 24.4 Å². The molecule has 1 amide bonds. The molecule has 0 spiro atoms. The first-order chi connectivity index (χ1) is 8.46. The highest BCUT2D eigenvalue weighted by atomic mass is 16.6. The van der Waals surface area contributed by atoms with E-state index < -0.39 is 11.6 Å². The Morgan fingerprint density at radius 3 is 2.72 bits per heavy atom. The van der Waals surface area contributed by atoms with Crippen LogP contribution >= 0.6 is 0 Å². The summed E-state index contributed by atoms with van der Waals surface area (Å²) in [6, 6.07) is 7.27. The van der Waals surface area contributed by atoms with Crippen LogP contribution in [0.1, 0.15) is 27.2 Å². The maximum Gasteiger partial charge on any atom is 0.416 e. The van der Waals surface area contributed by atoms with Crippen LogP contribution in [0.5, 0.6) is 0 Å². The minimum absolute atomic E-state index is 0.0920. The fourth-order valence-electron chi connectivity index (χ4n) is 1.45. The average molecular weight is 247 g/mol. The van der Waals surface area contributed by atoms with Crippen molar-refractivity contribution in [2.45, 2.75) is 32.7 Å². The van der Waals surface area contributed by atoms with Crippen LogP contribution in [0.15, 0.2) is 24.4 Å². The van der Waals surface area contributed by atoms with Crippen molar-refractivity contribution in [1.82, 2.24) is 4.98 Å². The van der Waals surface area contributed by atoms with Crippen molar-refractivity contribution >= 4 is 11.9 Å². The summed E-state index contributed by atoms with van der Waals surface area (Å²) in [5, 5.41) is 8.43.